The Morgan fingerprint density at radius 2 is 1.75 bits per heavy atom. The summed E-state index contributed by atoms with van der Waals surface area (Å²) in [4.78, 5) is 23.5. The number of ether oxygens (including phenoxy) is 2. The van der Waals surface area contributed by atoms with E-state index in [0.29, 0.717) is 12.4 Å². The first-order valence-electron chi connectivity index (χ1n) is 8.89. The predicted molar refractivity (Wildman–Crippen MR) is 109 cm³/mol. The molecule has 0 aromatic heterocycles. The van der Waals surface area contributed by atoms with Gasteiger partial charge in [-0.25, -0.2) is 4.79 Å². The van der Waals surface area contributed by atoms with E-state index in [-0.39, 0.29) is 17.1 Å². The van der Waals surface area contributed by atoms with Gasteiger partial charge in [-0.1, -0.05) is 41.5 Å². The molecule has 0 aliphatic rings. The Morgan fingerprint density at radius 1 is 1.04 bits per heavy atom. The van der Waals surface area contributed by atoms with E-state index >= 15 is 0 Å². The molecule has 0 aliphatic heterocycles. The molecule has 0 bridgehead atoms. The predicted octanol–water partition coefficient (Wildman–Crippen LogP) is 4.70. The third kappa shape index (κ3) is 6.76. The number of carboxylic acid groups (broad SMARTS) is 1. The van der Waals surface area contributed by atoms with Crippen molar-refractivity contribution >= 4 is 17.8 Å². The zero-order valence-electron chi connectivity index (χ0n) is 16.3. The summed E-state index contributed by atoms with van der Waals surface area (Å²) in [5.41, 5.74) is 3.43. The molecular formula is C23H24O5. The molecule has 0 heterocycles. The van der Waals surface area contributed by atoms with E-state index in [2.05, 4.69) is 0 Å². The maximum Gasteiger partial charge on any atom is 0.341 e. The number of rotatable bonds is 9. The second-order valence-electron chi connectivity index (χ2n) is 6.54. The number of allylic oxidation sites excluding steroid dienone is 2. The summed E-state index contributed by atoms with van der Waals surface area (Å²) in [5, 5.41) is 8.89. The van der Waals surface area contributed by atoms with E-state index < -0.39 is 12.6 Å². The van der Waals surface area contributed by atoms with Gasteiger partial charge < -0.3 is 14.6 Å². The van der Waals surface area contributed by atoms with Gasteiger partial charge in [0.25, 0.3) is 0 Å². The number of hydrogen-bond donors (Lipinski definition) is 1. The topological polar surface area (TPSA) is 72.8 Å². The molecule has 5 heteroatoms. The molecule has 0 amide bonds. The lowest BCUT2D eigenvalue weighted by atomic mass is 10.1. The first-order valence-corrected chi connectivity index (χ1v) is 8.89. The quantitative estimate of drug-likeness (QED) is 0.388. The van der Waals surface area contributed by atoms with Crippen molar-refractivity contribution in [2.45, 2.75) is 20.8 Å². The number of carboxylic acids is 1. The van der Waals surface area contributed by atoms with Gasteiger partial charge >= 0.3 is 5.97 Å². The van der Waals surface area contributed by atoms with Gasteiger partial charge in [0.05, 0.1) is 5.56 Å². The zero-order valence-corrected chi connectivity index (χ0v) is 16.3. The third-order valence-corrected chi connectivity index (χ3v) is 3.82. The van der Waals surface area contributed by atoms with Crippen LogP contribution in [0.1, 0.15) is 35.3 Å². The Hall–Kier alpha value is -3.34. The van der Waals surface area contributed by atoms with E-state index in [0.717, 1.165) is 16.7 Å². The summed E-state index contributed by atoms with van der Waals surface area (Å²) >= 11 is 0. The van der Waals surface area contributed by atoms with Gasteiger partial charge in [0.15, 0.2) is 12.4 Å². The molecule has 0 spiro atoms. The minimum Gasteiger partial charge on any atom is -0.489 e. The van der Waals surface area contributed by atoms with Crippen molar-refractivity contribution in [3.63, 3.8) is 0 Å². The fourth-order valence-corrected chi connectivity index (χ4v) is 2.30. The van der Waals surface area contributed by atoms with Crippen molar-refractivity contribution in [2.24, 2.45) is 0 Å². The monoisotopic (exact) mass is 380 g/mol. The summed E-state index contributed by atoms with van der Waals surface area (Å²) in [6.45, 7) is 5.76. The van der Waals surface area contributed by atoms with Gasteiger partial charge in [-0.2, -0.15) is 0 Å². The molecule has 0 radical (unpaired) electrons. The van der Waals surface area contributed by atoms with Gasteiger partial charge in [0.2, 0.25) is 0 Å². The molecule has 2 rings (SSSR count). The Kier molecular flexibility index (Phi) is 7.57. The fraction of sp³-hybridized carbons (Fsp3) is 0.217. The molecule has 5 nitrogen and oxygen atoms in total. The van der Waals surface area contributed by atoms with Crippen LogP contribution in [0, 0.1) is 6.92 Å². The van der Waals surface area contributed by atoms with Crippen LogP contribution in [0.25, 0.3) is 6.08 Å². The van der Waals surface area contributed by atoms with Crippen molar-refractivity contribution in [1.82, 2.24) is 0 Å². The minimum atomic E-state index is -1.12. The van der Waals surface area contributed by atoms with Crippen molar-refractivity contribution < 1.29 is 24.2 Å². The fourth-order valence-electron chi connectivity index (χ4n) is 2.30. The smallest absolute Gasteiger partial charge is 0.341 e. The highest BCUT2D eigenvalue weighted by atomic mass is 16.5. The SMILES string of the molecule is CC(C)=CCOc1ccc(C(=O)C=Cc2ccc(C)cc2)c(OCC(=O)O)c1. The van der Waals surface area contributed by atoms with Crippen LogP contribution in [-0.4, -0.2) is 30.1 Å². The highest BCUT2D eigenvalue weighted by Gasteiger charge is 2.13. The van der Waals surface area contributed by atoms with Crippen LogP contribution in [0.15, 0.2) is 60.2 Å². The average Bonchev–Trinajstić information content (AvgIpc) is 2.65. The Morgan fingerprint density at radius 3 is 2.39 bits per heavy atom. The van der Waals surface area contributed by atoms with Crippen LogP contribution < -0.4 is 9.47 Å². The maximum atomic E-state index is 12.6. The highest BCUT2D eigenvalue weighted by Crippen LogP contribution is 2.26. The summed E-state index contributed by atoms with van der Waals surface area (Å²) in [6, 6.07) is 12.5. The number of ketones is 1. The van der Waals surface area contributed by atoms with Crippen molar-refractivity contribution in [3.05, 3.63) is 76.9 Å². The van der Waals surface area contributed by atoms with E-state index in [1.165, 1.54) is 12.1 Å². The van der Waals surface area contributed by atoms with Crippen molar-refractivity contribution in [2.75, 3.05) is 13.2 Å². The molecule has 146 valence electrons. The van der Waals surface area contributed by atoms with Crippen molar-refractivity contribution in [3.8, 4) is 11.5 Å². The Bertz CT molecular complexity index is 888. The van der Waals surface area contributed by atoms with Gasteiger partial charge in [-0.05, 0) is 50.6 Å². The zero-order chi connectivity index (χ0) is 20.5. The van der Waals surface area contributed by atoms with Crippen LogP contribution >= 0.6 is 0 Å². The molecule has 28 heavy (non-hydrogen) atoms. The summed E-state index contributed by atoms with van der Waals surface area (Å²) < 4.78 is 10.9. The molecule has 2 aromatic rings. The Balaban J connectivity index is 2.21. The average molecular weight is 380 g/mol. The number of benzene rings is 2. The summed E-state index contributed by atoms with van der Waals surface area (Å²) in [6.07, 6.45) is 5.07. The normalized spacial score (nSPS) is 10.5. The number of hydrogen-bond acceptors (Lipinski definition) is 4. The van der Waals surface area contributed by atoms with Crippen LogP contribution in [-0.2, 0) is 4.79 Å². The lowest BCUT2D eigenvalue weighted by Crippen LogP contribution is -2.12. The van der Waals surface area contributed by atoms with Crippen LogP contribution in [0.3, 0.4) is 0 Å². The standard InChI is InChI=1S/C23H24O5/c1-16(2)12-13-27-19-9-10-20(22(14-19)28-15-23(25)26)21(24)11-8-18-6-4-17(3)5-7-18/h4-12,14H,13,15H2,1-3H3,(H,25,26). The highest BCUT2D eigenvalue weighted by molar-refractivity contribution is 6.08. The first kappa shape index (κ1) is 21.0. The number of aliphatic carboxylic acids is 1. The first-order chi connectivity index (χ1) is 13.3. The number of aryl methyl sites for hydroxylation is 1. The van der Waals surface area contributed by atoms with E-state index in [1.54, 1.807) is 18.2 Å². The molecule has 0 atom stereocenters. The minimum absolute atomic E-state index is 0.177. The molecule has 0 fully saturated rings. The molecule has 1 N–H and O–H groups in total. The maximum absolute atomic E-state index is 12.6. The molecule has 0 unspecified atom stereocenters. The number of carbonyl (C=O) groups is 2. The second kappa shape index (κ2) is 10.1. The van der Waals surface area contributed by atoms with Crippen LogP contribution in [0.2, 0.25) is 0 Å². The van der Waals surface area contributed by atoms with Gasteiger partial charge in [-0.3, -0.25) is 4.79 Å². The summed E-state index contributed by atoms with van der Waals surface area (Å²) in [7, 11) is 0. The second-order valence-corrected chi connectivity index (χ2v) is 6.54. The number of carbonyl (C=O) groups excluding carboxylic acids is 1. The van der Waals surface area contributed by atoms with Crippen molar-refractivity contribution in [1.29, 1.82) is 0 Å². The molecule has 0 saturated carbocycles. The summed E-state index contributed by atoms with van der Waals surface area (Å²) in [5.74, 6) is -0.728. The van der Waals surface area contributed by atoms with Gasteiger partial charge in [0.1, 0.15) is 18.1 Å². The molecule has 2 aromatic carbocycles. The van der Waals surface area contributed by atoms with Gasteiger partial charge in [-0.15, -0.1) is 0 Å². The Labute approximate surface area is 164 Å². The lowest BCUT2D eigenvalue weighted by Gasteiger charge is -2.11. The third-order valence-electron chi connectivity index (χ3n) is 3.82. The molecule has 0 aliphatic carbocycles. The molecule has 0 saturated heterocycles. The van der Waals surface area contributed by atoms with Gasteiger partial charge in [0, 0.05) is 6.07 Å². The van der Waals surface area contributed by atoms with E-state index in [4.69, 9.17) is 14.6 Å². The molecular weight excluding hydrogens is 356 g/mol. The van der Waals surface area contributed by atoms with Crippen LogP contribution in [0.4, 0.5) is 0 Å². The van der Waals surface area contributed by atoms with E-state index in [1.807, 2.05) is 51.1 Å². The lowest BCUT2D eigenvalue weighted by molar-refractivity contribution is -0.139. The van der Waals surface area contributed by atoms with E-state index in [9.17, 15) is 9.59 Å². The van der Waals surface area contributed by atoms with Crippen LogP contribution in [0.5, 0.6) is 11.5 Å². The largest absolute Gasteiger partial charge is 0.489 e.